The van der Waals surface area contributed by atoms with Crippen LogP contribution in [0.3, 0.4) is 0 Å². The van der Waals surface area contributed by atoms with Gasteiger partial charge in [-0.2, -0.15) is 0 Å². The molecule has 2 aliphatic rings. The monoisotopic (exact) mass is 344 g/mol. The van der Waals surface area contributed by atoms with Crippen LogP contribution in [0.4, 0.5) is 0 Å². The second-order valence-electron chi connectivity index (χ2n) is 7.97. The Bertz CT molecular complexity index is 742. The number of unbranched alkanes of at least 4 members (excludes halogenated alkanes) is 1. The van der Waals surface area contributed by atoms with Gasteiger partial charge in [-0.1, -0.05) is 101 Å². The molecular weight excluding hydrogens is 312 g/mol. The van der Waals surface area contributed by atoms with Gasteiger partial charge in [-0.25, -0.2) is 0 Å². The summed E-state index contributed by atoms with van der Waals surface area (Å²) in [7, 11) is 0. The van der Waals surface area contributed by atoms with E-state index in [9.17, 15) is 0 Å². The minimum absolute atomic E-state index is 0.613. The summed E-state index contributed by atoms with van der Waals surface area (Å²) in [6.07, 6.45) is 17.7. The molecule has 26 heavy (non-hydrogen) atoms. The second-order valence-corrected chi connectivity index (χ2v) is 7.97. The van der Waals surface area contributed by atoms with Crippen LogP contribution in [0.2, 0.25) is 0 Å². The van der Waals surface area contributed by atoms with Crippen molar-refractivity contribution in [2.45, 2.75) is 40.0 Å². The van der Waals surface area contributed by atoms with Crippen molar-refractivity contribution in [3.63, 3.8) is 0 Å². The van der Waals surface area contributed by atoms with Crippen LogP contribution in [0, 0.1) is 23.7 Å². The molecule has 0 spiro atoms. The summed E-state index contributed by atoms with van der Waals surface area (Å²) in [5, 5.41) is 0. The highest BCUT2D eigenvalue weighted by Gasteiger charge is 2.44. The zero-order chi connectivity index (χ0) is 18.5. The molecule has 0 heterocycles. The third-order valence-electron chi connectivity index (χ3n) is 5.77. The summed E-state index contributed by atoms with van der Waals surface area (Å²) in [6, 6.07) is 10.7. The summed E-state index contributed by atoms with van der Waals surface area (Å²) >= 11 is 0. The van der Waals surface area contributed by atoms with Gasteiger partial charge in [-0.05, 0) is 58.5 Å². The third-order valence-corrected chi connectivity index (χ3v) is 5.77. The summed E-state index contributed by atoms with van der Waals surface area (Å²) in [4.78, 5) is 0. The van der Waals surface area contributed by atoms with Gasteiger partial charge in [0.15, 0.2) is 0 Å². The zero-order valence-electron chi connectivity index (χ0n) is 16.5. The topological polar surface area (TPSA) is 0 Å². The van der Waals surface area contributed by atoms with E-state index in [1.165, 1.54) is 36.0 Å². The van der Waals surface area contributed by atoms with E-state index >= 15 is 0 Å². The first-order chi connectivity index (χ1) is 12.6. The molecule has 4 unspecified atom stereocenters. The maximum atomic E-state index is 4.30. The maximum absolute atomic E-state index is 4.30. The first-order valence-electron chi connectivity index (χ1n) is 10.1. The summed E-state index contributed by atoms with van der Waals surface area (Å²) < 4.78 is 0. The Labute approximate surface area is 159 Å². The smallest absolute Gasteiger partial charge is 0.0109 e. The van der Waals surface area contributed by atoms with Gasteiger partial charge in [0, 0.05) is 0 Å². The molecule has 1 aromatic carbocycles. The average Bonchev–Trinajstić information content (AvgIpc) is 3.32. The number of hydrogen-bond donors (Lipinski definition) is 0. The Morgan fingerprint density at radius 3 is 2.65 bits per heavy atom. The van der Waals surface area contributed by atoms with E-state index in [4.69, 9.17) is 0 Å². The third kappa shape index (κ3) is 4.55. The molecule has 0 saturated heterocycles. The molecule has 1 aromatic rings. The molecule has 0 N–H and O–H groups in total. The first-order valence-corrected chi connectivity index (χ1v) is 10.1. The SMILES string of the molecule is C=C(/C=C\C(C)CCCC)/C=C(/C1=CC2C(C)C2C=C1)c1ccccc1. The molecule has 0 nitrogen and oxygen atoms in total. The highest BCUT2D eigenvalue weighted by atomic mass is 14.5. The lowest BCUT2D eigenvalue weighted by Crippen LogP contribution is -1.94. The van der Waals surface area contributed by atoms with E-state index < -0.39 is 0 Å². The standard InChI is InChI=1S/C26H32/c1-5-6-10-19(2)13-14-20(3)17-26(22-11-8-7-9-12-22)23-15-16-24-21(4)25(24)18-23/h7-9,11-19,21,24-25H,3,5-6,10H2,1-2,4H3/b14-13-,26-17+. The second kappa shape index (κ2) is 8.54. The van der Waals surface area contributed by atoms with Crippen molar-refractivity contribution in [3.05, 3.63) is 90.1 Å². The molecule has 2 aliphatic carbocycles. The van der Waals surface area contributed by atoms with E-state index in [0.717, 1.165) is 23.3 Å². The fraction of sp³-hybridized carbons (Fsp3) is 0.385. The normalized spacial score (nSPS) is 25.7. The van der Waals surface area contributed by atoms with Gasteiger partial charge in [0.1, 0.15) is 0 Å². The minimum Gasteiger partial charge on any atom is -0.0918 e. The van der Waals surface area contributed by atoms with E-state index in [1.807, 2.05) is 0 Å². The molecule has 1 saturated carbocycles. The van der Waals surface area contributed by atoms with E-state index in [1.54, 1.807) is 0 Å². The van der Waals surface area contributed by atoms with Crippen LogP contribution in [-0.4, -0.2) is 0 Å². The molecular formula is C26H32. The molecule has 1 fully saturated rings. The summed E-state index contributed by atoms with van der Waals surface area (Å²) in [6.45, 7) is 11.2. The van der Waals surface area contributed by atoms with Crippen molar-refractivity contribution >= 4 is 5.57 Å². The van der Waals surface area contributed by atoms with Crippen LogP contribution in [-0.2, 0) is 0 Å². The molecule has 3 rings (SSSR count). The van der Waals surface area contributed by atoms with Crippen molar-refractivity contribution in [3.8, 4) is 0 Å². The largest absolute Gasteiger partial charge is 0.0918 e. The van der Waals surface area contributed by atoms with Crippen molar-refractivity contribution in [2.24, 2.45) is 23.7 Å². The van der Waals surface area contributed by atoms with Crippen LogP contribution in [0.5, 0.6) is 0 Å². The van der Waals surface area contributed by atoms with E-state index in [-0.39, 0.29) is 0 Å². The first kappa shape index (κ1) is 18.7. The lowest BCUT2D eigenvalue weighted by molar-refractivity contribution is 0.598. The van der Waals surface area contributed by atoms with Crippen LogP contribution in [0.1, 0.15) is 45.6 Å². The molecule has 136 valence electrons. The lowest BCUT2D eigenvalue weighted by atomic mass is 9.92. The lowest BCUT2D eigenvalue weighted by Gasteiger charge is -2.13. The Hall–Kier alpha value is -2.08. The predicted octanol–water partition coefficient (Wildman–Crippen LogP) is 7.39. The van der Waals surface area contributed by atoms with Gasteiger partial charge < -0.3 is 0 Å². The van der Waals surface area contributed by atoms with Crippen molar-refractivity contribution in [1.82, 2.24) is 0 Å². The predicted molar refractivity (Wildman–Crippen MR) is 115 cm³/mol. The van der Waals surface area contributed by atoms with Crippen LogP contribution >= 0.6 is 0 Å². The minimum atomic E-state index is 0.613. The fourth-order valence-electron chi connectivity index (χ4n) is 3.84. The van der Waals surface area contributed by atoms with Gasteiger partial charge in [-0.3, -0.25) is 0 Å². The van der Waals surface area contributed by atoms with Crippen molar-refractivity contribution < 1.29 is 0 Å². The number of fused-ring (bicyclic) bond motifs is 1. The van der Waals surface area contributed by atoms with Crippen molar-refractivity contribution in [1.29, 1.82) is 0 Å². The molecule has 0 amide bonds. The van der Waals surface area contributed by atoms with Gasteiger partial charge in [0.05, 0.1) is 0 Å². The summed E-state index contributed by atoms with van der Waals surface area (Å²) in [5.41, 5.74) is 4.97. The van der Waals surface area contributed by atoms with Gasteiger partial charge in [0.2, 0.25) is 0 Å². The van der Waals surface area contributed by atoms with E-state index in [0.29, 0.717) is 5.92 Å². The van der Waals surface area contributed by atoms with Gasteiger partial charge in [-0.15, -0.1) is 0 Å². The number of benzene rings is 1. The Morgan fingerprint density at radius 1 is 1.19 bits per heavy atom. The highest BCUT2D eigenvalue weighted by Crippen LogP contribution is 2.51. The quantitative estimate of drug-likeness (QED) is 0.431. The van der Waals surface area contributed by atoms with E-state index in [2.05, 4.69) is 94.1 Å². The Kier molecular flexibility index (Phi) is 6.14. The summed E-state index contributed by atoms with van der Waals surface area (Å²) in [5.74, 6) is 2.89. The highest BCUT2D eigenvalue weighted by molar-refractivity contribution is 5.84. The Morgan fingerprint density at radius 2 is 1.96 bits per heavy atom. The molecule has 0 aliphatic heterocycles. The van der Waals surface area contributed by atoms with Crippen LogP contribution < -0.4 is 0 Å². The molecule has 0 radical (unpaired) electrons. The fourth-order valence-corrected chi connectivity index (χ4v) is 3.84. The molecule has 0 aromatic heterocycles. The average molecular weight is 345 g/mol. The molecule has 4 atom stereocenters. The number of rotatable bonds is 8. The maximum Gasteiger partial charge on any atom is -0.0109 e. The van der Waals surface area contributed by atoms with Gasteiger partial charge >= 0.3 is 0 Å². The Balaban J connectivity index is 1.81. The van der Waals surface area contributed by atoms with Crippen molar-refractivity contribution in [2.75, 3.05) is 0 Å². The van der Waals surface area contributed by atoms with Gasteiger partial charge in [0.25, 0.3) is 0 Å². The number of hydrogen-bond acceptors (Lipinski definition) is 0. The molecule has 0 heteroatoms. The zero-order valence-corrected chi connectivity index (χ0v) is 16.5. The van der Waals surface area contributed by atoms with Crippen LogP contribution in [0.25, 0.3) is 5.57 Å². The van der Waals surface area contributed by atoms with Crippen LogP contribution in [0.15, 0.2) is 84.5 Å². The number of allylic oxidation sites excluding steroid dienone is 9. The molecule has 0 bridgehead atoms.